The minimum absolute atomic E-state index is 0.120. The molecule has 0 bridgehead atoms. The van der Waals surface area contributed by atoms with Gasteiger partial charge in [0.25, 0.3) is 0 Å². The first kappa shape index (κ1) is 29.4. The van der Waals surface area contributed by atoms with Gasteiger partial charge in [-0.15, -0.1) is 0 Å². The SMILES string of the molecule is CCCCCCCCCCCCOCCOCCOCCOC(=O)CCCCCC. The van der Waals surface area contributed by atoms with Crippen molar-refractivity contribution in [2.45, 2.75) is 110 Å². The van der Waals surface area contributed by atoms with Crippen molar-refractivity contribution < 1.29 is 23.7 Å². The fraction of sp³-hybridized carbons (Fsp3) is 0.960. The molecule has 0 aromatic heterocycles. The van der Waals surface area contributed by atoms with Crippen molar-refractivity contribution in [1.29, 1.82) is 0 Å². The first-order chi connectivity index (χ1) is 14.8. The molecule has 5 nitrogen and oxygen atoms in total. The smallest absolute Gasteiger partial charge is 0.305 e. The van der Waals surface area contributed by atoms with E-state index >= 15 is 0 Å². The molecule has 0 aromatic rings. The maximum absolute atomic E-state index is 11.5. The van der Waals surface area contributed by atoms with Crippen molar-refractivity contribution in [3.05, 3.63) is 0 Å². The van der Waals surface area contributed by atoms with E-state index < -0.39 is 0 Å². The van der Waals surface area contributed by atoms with E-state index in [9.17, 15) is 4.79 Å². The molecule has 0 spiro atoms. The molecular formula is C25H50O5. The molecular weight excluding hydrogens is 380 g/mol. The van der Waals surface area contributed by atoms with Gasteiger partial charge in [0, 0.05) is 13.0 Å². The predicted molar refractivity (Wildman–Crippen MR) is 124 cm³/mol. The van der Waals surface area contributed by atoms with Crippen LogP contribution in [0.2, 0.25) is 0 Å². The number of unbranched alkanes of at least 4 members (excludes halogenated alkanes) is 12. The number of ether oxygens (including phenoxy) is 4. The molecule has 30 heavy (non-hydrogen) atoms. The van der Waals surface area contributed by atoms with Crippen molar-refractivity contribution in [2.24, 2.45) is 0 Å². The molecule has 0 saturated heterocycles. The van der Waals surface area contributed by atoms with Crippen molar-refractivity contribution in [1.82, 2.24) is 0 Å². The third-order valence-electron chi connectivity index (χ3n) is 5.11. The number of hydrogen-bond acceptors (Lipinski definition) is 5. The van der Waals surface area contributed by atoms with Gasteiger partial charge in [0.1, 0.15) is 6.61 Å². The standard InChI is InChI=1S/C25H50O5/c1-3-5-7-9-10-11-12-13-14-16-18-27-19-20-28-21-22-29-23-24-30-25(26)17-15-8-6-4-2/h3-24H2,1-2H3. The molecule has 0 saturated carbocycles. The number of carbonyl (C=O) groups is 1. The number of esters is 1. The van der Waals surface area contributed by atoms with Gasteiger partial charge < -0.3 is 18.9 Å². The zero-order valence-electron chi connectivity index (χ0n) is 20.1. The van der Waals surface area contributed by atoms with E-state index in [0.29, 0.717) is 46.1 Å². The molecule has 0 aliphatic rings. The van der Waals surface area contributed by atoms with Crippen molar-refractivity contribution in [2.75, 3.05) is 46.2 Å². The Balaban J connectivity index is 3.07. The molecule has 5 heteroatoms. The Morgan fingerprint density at radius 3 is 1.40 bits per heavy atom. The first-order valence-corrected chi connectivity index (χ1v) is 12.7. The molecule has 180 valence electrons. The number of carbonyl (C=O) groups excluding carboxylic acids is 1. The van der Waals surface area contributed by atoms with Crippen molar-refractivity contribution in [3.63, 3.8) is 0 Å². The third kappa shape index (κ3) is 25.4. The van der Waals surface area contributed by atoms with Crippen LogP contribution < -0.4 is 0 Å². The summed E-state index contributed by atoms with van der Waals surface area (Å²) >= 11 is 0. The molecule has 0 aromatic carbocycles. The van der Waals surface area contributed by atoms with Crippen LogP contribution in [0.4, 0.5) is 0 Å². The number of hydrogen-bond donors (Lipinski definition) is 0. The summed E-state index contributed by atoms with van der Waals surface area (Å²) in [5.74, 6) is -0.120. The zero-order chi connectivity index (χ0) is 22.0. The van der Waals surface area contributed by atoms with Gasteiger partial charge in [-0.25, -0.2) is 0 Å². The quantitative estimate of drug-likeness (QED) is 0.123. The van der Waals surface area contributed by atoms with E-state index in [2.05, 4.69) is 13.8 Å². The Hall–Kier alpha value is -0.650. The lowest BCUT2D eigenvalue weighted by molar-refractivity contribution is -0.145. The van der Waals surface area contributed by atoms with Crippen LogP contribution in [0, 0.1) is 0 Å². The maximum Gasteiger partial charge on any atom is 0.305 e. The predicted octanol–water partition coefficient (Wildman–Crippen LogP) is 6.47. The average Bonchev–Trinajstić information content (AvgIpc) is 2.75. The topological polar surface area (TPSA) is 54.0 Å². The molecule has 0 aliphatic heterocycles. The van der Waals surface area contributed by atoms with E-state index in [1.54, 1.807) is 0 Å². The highest BCUT2D eigenvalue weighted by molar-refractivity contribution is 5.69. The van der Waals surface area contributed by atoms with Crippen LogP contribution in [0.25, 0.3) is 0 Å². The molecule has 0 heterocycles. The van der Waals surface area contributed by atoms with Crippen LogP contribution in [-0.2, 0) is 23.7 Å². The highest BCUT2D eigenvalue weighted by Gasteiger charge is 2.02. The lowest BCUT2D eigenvalue weighted by atomic mass is 10.1. The summed E-state index contributed by atoms with van der Waals surface area (Å²) in [4.78, 5) is 11.5. The summed E-state index contributed by atoms with van der Waals surface area (Å²) in [6.07, 6.45) is 18.4. The van der Waals surface area contributed by atoms with Crippen LogP contribution in [0.5, 0.6) is 0 Å². The summed E-state index contributed by atoms with van der Waals surface area (Å²) in [6, 6.07) is 0. The van der Waals surface area contributed by atoms with E-state index in [1.807, 2.05) is 0 Å². The van der Waals surface area contributed by atoms with Gasteiger partial charge in [0.2, 0.25) is 0 Å². The summed E-state index contributed by atoms with van der Waals surface area (Å²) < 4.78 is 21.6. The highest BCUT2D eigenvalue weighted by Crippen LogP contribution is 2.10. The second-order valence-corrected chi connectivity index (χ2v) is 8.05. The molecule has 0 rings (SSSR count). The second kappa shape index (κ2) is 26.4. The summed E-state index contributed by atoms with van der Waals surface area (Å²) in [5, 5.41) is 0. The van der Waals surface area contributed by atoms with Crippen LogP contribution in [-0.4, -0.2) is 52.2 Å². The van der Waals surface area contributed by atoms with Gasteiger partial charge >= 0.3 is 5.97 Å². The van der Waals surface area contributed by atoms with Crippen LogP contribution >= 0.6 is 0 Å². The van der Waals surface area contributed by atoms with Crippen LogP contribution in [0.3, 0.4) is 0 Å². The molecule has 0 radical (unpaired) electrons. The van der Waals surface area contributed by atoms with Gasteiger partial charge in [-0.2, -0.15) is 0 Å². The molecule has 0 unspecified atom stereocenters. The Kier molecular flexibility index (Phi) is 25.8. The Bertz CT molecular complexity index is 336. The van der Waals surface area contributed by atoms with E-state index in [0.717, 1.165) is 25.9 Å². The average molecular weight is 431 g/mol. The minimum atomic E-state index is -0.120. The van der Waals surface area contributed by atoms with Gasteiger partial charge in [-0.05, 0) is 12.8 Å². The Labute approximate surface area is 186 Å². The largest absolute Gasteiger partial charge is 0.463 e. The van der Waals surface area contributed by atoms with Gasteiger partial charge in [-0.3, -0.25) is 4.79 Å². The van der Waals surface area contributed by atoms with Gasteiger partial charge in [-0.1, -0.05) is 90.9 Å². The molecule has 0 amide bonds. The number of rotatable bonds is 25. The van der Waals surface area contributed by atoms with E-state index in [4.69, 9.17) is 18.9 Å². The van der Waals surface area contributed by atoms with Crippen molar-refractivity contribution >= 4 is 5.97 Å². The Morgan fingerprint density at radius 2 is 0.867 bits per heavy atom. The van der Waals surface area contributed by atoms with Crippen LogP contribution in [0.15, 0.2) is 0 Å². The normalized spacial score (nSPS) is 11.1. The third-order valence-corrected chi connectivity index (χ3v) is 5.11. The summed E-state index contributed by atoms with van der Waals surface area (Å²) in [5.41, 5.74) is 0. The van der Waals surface area contributed by atoms with Gasteiger partial charge in [0.15, 0.2) is 0 Å². The highest BCUT2D eigenvalue weighted by atomic mass is 16.6. The molecule has 0 N–H and O–H groups in total. The fourth-order valence-corrected chi connectivity index (χ4v) is 3.22. The van der Waals surface area contributed by atoms with E-state index in [1.165, 1.54) is 70.6 Å². The minimum Gasteiger partial charge on any atom is -0.463 e. The lowest BCUT2D eigenvalue weighted by Crippen LogP contribution is -2.14. The lowest BCUT2D eigenvalue weighted by Gasteiger charge is -2.08. The zero-order valence-corrected chi connectivity index (χ0v) is 20.1. The second-order valence-electron chi connectivity index (χ2n) is 8.05. The molecule has 0 fully saturated rings. The molecule has 0 atom stereocenters. The first-order valence-electron chi connectivity index (χ1n) is 12.7. The molecule has 0 aliphatic carbocycles. The van der Waals surface area contributed by atoms with Crippen molar-refractivity contribution in [3.8, 4) is 0 Å². The fourth-order valence-electron chi connectivity index (χ4n) is 3.22. The maximum atomic E-state index is 11.5. The Morgan fingerprint density at radius 1 is 0.467 bits per heavy atom. The summed E-state index contributed by atoms with van der Waals surface area (Å²) in [6.45, 7) is 8.34. The summed E-state index contributed by atoms with van der Waals surface area (Å²) in [7, 11) is 0. The monoisotopic (exact) mass is 430 g/mol. The van der Waals surface area contributed by atoms with Gasteiger partial charge in [0.05, 0.1) is 33.0 Å². The van der Waals surface area contributed by atoms with E-state index in [-0.39, 0.29) is 5.97 Å². The van der Waals surface area contributed by atoms with Crippen LogP contribution in [0.1, 0.15) is 110 Å².